The molecule has 0 aliphatic heterocycles. The molecule has 0 saturated carbocycles. The Morgan fingerprint density at radius 1 is 0.885 bits per heavy atom. The van der Waals surface area contributed by atoms with Crippen molar-refractivity contribution < 1.29 is 0 Å². The number of para-hydroxylation sites is 1. The van der Waals surface area contributed by atoms with E-state index in [1.165, 1.54) is 5.69 Å². The van der Waals surface area contributed by atoms with Gasteiger partial charge in [0.2, 0.25) is 0 Å². The minimum atomic E-state index is -0.0415. The first-order chi connectivity index (χ1) is 12.4. The molecule has 1 heterocycles. The third-order valence-electron chi connectivity index (χ3n) is 4.63. The first-order valence-corrected chi connectivity index (χ1v) is 8.68. The Hall–Kier alpha value is -2.73. The van der Waals surface area contributed by atoms with Gasteiger partial charge in [-0.15, -0.1) is 5.10 Å². The van der Waals surface area contributed by atoms with E-state index in [-0.39, 0.29) is 6.04 Å². The highest BCUT2D eigenvalue weighted by Crippen LogP contribution is 2.29. The molecule has 2 aromatic carbocycles. The molecular formula is C20H26N6. The fraction of sp³-hybridized carbons (Fsp3) is 0.350. The fourth-order valence-corrected chi connectivity index (χ4v) is 3.30. The van der Waals surface area contributed by atoms with E-state index in [9.17, 15) is 0 Å². The number of benzene rings is 2. The van der Waals surface area contributed by atoms with E-state index < -0.39 is 0 Å². The van der Waals surface area contributed by atoms with Gasteiger partial charge in [0.1, 0.15) is 0 Å². The van der Waals surface area contributed by atoms with Crippen LogP contribution >= 0.6 is 0 Å². The maximum Gasteiger partial charge on any atom is 0.178 e. The number of nitrogens with zero attached hydrogens (tertiary/aromatic N) is 6. The van der Waals surface area contributed by atoms with E-state index in [1.807, 2.05) is 32.9 Å². The molecule has 1 atom stereocenters. The van der Waals surface area contributed by atoms with Gasteiger partial charge in [-0.3, -0.25) is 4.90 Å². The van der Waals surface area contributed by atoms with Crippen LogP contribution in [0, 0.1) is 13.8 Å². The van der Waals surface area contributed by atoms with Crippen LogP contribution in [-0.2, 0) is 0 Å². The van der Waals surface area contributed by atoms with Crippen molar-refractivity contribution in [3.63, 3.8) is 0 Å². The lowest BCUT2D eigenvalue weighted by Crippen LogP contribution is -2.25. The van der Waals surface area contributed by atoms with Gasteiger partial charge in [0.05, 0.1) is 11.7 Å². The van der Waals surface area contributed by atoms with E-state index in [2.05, 4.69) is 81.6 Å². The van der Waals surface area contributed by atoms with Crippen LogP contribution in [0.25, 0.3) is 5.69 Å². The molecule has 26 heavy (non-hydrogen) atoms. The van der Waals surface area contributed by atoms with E-state index >= 15 is 0 Å². The summed E-state index contributed by atoms with van der Waals surface area (Å²) in [7, 11) is 8.18. The van der Waals surface area contributed by atoms with Crippen LogP contribution in [-0.4, -0.2) is 53.3 Å². The molecule has 0 spiro atoms. The lowest BCUT2D eigenvalue weighted by molar-refractivity contribution is 0.325. The Kier molecular flexibility index (Phi) is 5.04. The molecule has 0 bridgehead atoms. The number of hydrogen-bond acceptors (Lipinski definition) is 5. The summed E-state index contributed by atoms with van der Waals surface area (Å²) in [5.41, 5.74) is 5.67. The Labute approximate surface area is 155 Å². The third-order valence-corrected chi connectivity index (χ3v) is 4.63. The van der Waals surface area contributed by atoms with E-state index in [0.717, 1.165) is 28.2 Å². The molecule has 0 aliphatic rings. The van der Waals surface area contributed by atoms with Crippen LogP contribution in [0.2, 0.25) is 0 Å². The Balaban J connectivity index is 2.10. The van der Waals surface area contributed by atoms with Gasteiger partial charge in [-0.25, -0.2) is 0 Å². The van der Waals surface area contributed by atoms with Crippen molar-refractivity contribution in [3.05, 3.63) is 65.0 Å². The van der Waals surface area contributed by atoms with E-state index in [0.29, 0.717) is 0 Å². The second kappa shape index (κ2) is 7.25. The molecule has 6 heteroatoms. The Bertz CT molecular complexity index is 859. The van der Waals surface area contributed by atoms with Crippen LogP contribution in [0.15, 0.2) is 42.5 Å². The van der Waals surface area contributed by atoms with Crippen molar-refractivity contribution in [3.8, 4) is 5.69 Å². The number of hydrogen-bond donors (Lipinski definition) is 0. The molecule has 0 fully saturated rings. The third kappa shape index (κ3) is 3.32. The number of tetrazole rings is 1. The smallest absolute Gasteiger partial charge is 0.178 e. The van der Waals surface area contributed by atoms with Crippen molar-refractivity contribution in [2.75, 3.05) is 33.1 Å². The van der Waals surface area contributed by atoms with Crippen LogP contribution in [0.1, 0.15) is 28.6 Å². The second-order valence-electron chi connectivity index (χ2n) is 7.04. The van der Waals surface area contributed by atoms with Gasteiger partial charge in [-0.2, -0.15) is 4.68 Å². The summed E-state index contributed by atoms with van der Waals surface area (Å²) in [4.78, 5) is 4.23. The van der Waals surface area contributed by atoms with Gasteiger partial charge < -0.3 is 4.90 Å². The fourth-order valence-electron chi connectivity index (χ4n) is 3.30. The van der Waals surface area contributed by atoms with Crippen molar-refractivity contribution >= 4 is 5.69 Å². The number of aryl methyl sites for hydroxylation is 2. The number of aromatic nitrogens is 4. The molecule has 1 unspecified atom stereocenters. The highest BCUT2D eigenvalue weighted by molar-refractivity contribution is 5.49. The lowest BCUT2D eigenvalue weighted by Gasteiger charge is -2.25. The molecule has 3 rings (SSSR count). The van der Waals surface area contributed by atoms with Gasteiger partial charge in [0, 0.05) is 19.8 Å². The van der Waals surface area contributed by atoms with Crippen molar-refractivity contribution in [2.24, 2.45) is 0 Å². The maximum atomic E-state index is 4.38. The van der Waals surface area contributed by atoms with Gasteiger partial charge >= 0.3 is 0 Å². The first kappa shape index (κ1) is 18.1. The molecule has 0 amide bonds. The van der Waals surface area contributed by atoms with Crippen molar-refractivity contribution in [1.82, 2.24) is 25.1 Å². The number of anilines is 1. The van der Waals surface area contributed by atoms with Crippen LogP contribution in [0.4, 0.5) is 5.69 Å². The second-order valence-corrected chi connectivity index (χ2v) is 7.04. The van der Waals surface area contributed by atoms with Crippen LogP contribution < -0.4 is 4.90 Å². The standard InChI is InChI=1S/C20H26N6/c1-14-8-7-9-15(2)18(14)26-20(21-22-23-26)19(25(5)6)16-10-12-17(13-11-16)24(3)4/h7-13,19H,1-6H3. The summed E-state index contributed by atoms with van der Waals surface area (Å²) in [5.74, 6) is 0.810. The first-order valence-electron chi connectivity index (χ1n) is 8.68. The predicted molar refractivity (Wildman–Crippen MR) is 105 cm³/mol. The quantitative estimate of drug-likeness (QED) is 0.708. The monoisotopic (exact) mass is 350 g/mol. The molecular weight excluding hydrogens is 324 g/mol. The predicted octanol–water partition coefficient (Wildman–Crippen LogP) is 3.00. The highest BCUT2D eigenvalue weighted by Gasteiger charge is 2.25. The lowest BCUT2D eigenvalue weighted by atomic mass is 10.0. The molecule has 3 aromatic rings. The Morgan fingerprint density at radius 2 is 1.50 bits per heavy atom. The normalized spacial score (nSPS) is 12.4. The summed E-state index contributed by atoms with van der Waals surface area (Å²) in [5, 5.41) is 12.7. The van der Waals surface area contributed by atoms with Crippen LogP contribution in [0.3, 0.4) is 0 Å². The zero-order chi connectivity index (χ0) is 18.8. The zero-order valence-electron chi connectivity index (χ0n) is 16.3. The van der Waals surface area contributed by atoms with Crippen LogP contribution in [0.5, 0.6) is 0 Å². The summed E-state index contributed by atoms with van der Waals surface area (Å²) in [6.45, 7) is 4.18. The van der Waals surface area contributed by atoms with Crippen molar-refractivity contribution in [2.45, 2.75) is 19.9 Å². The molecule has 6 nitrogen and oxygen atoms in total. The molecule has 1 aromatic heterocycles. The Morgan fingerprint density at radius 3 is 2.04 bits per heavy atom. The molecule has 0 saturated heterocycles. The van der Waals surface area contributed by atoms with Gasteiger partial charge in [0.15, 0.2) is 5.82 Å². The average molecular weight is 350 g/mol. The SMILES string of the molecule is Cc1cccc(C)c1-n1nnnc1C(c1ccc(N(C)C)cc1)N(C)C. The summed E-state index contributed by atoms with van der Waals surface area (Å²) in [6.07, 6.45) is 0. The minimum absolute atomic E-state index is 0.0415. The minimum Gasteiger partial charge on any atom is -0.378 e. The number of rotatable bonds is 5. The van der Waals surface area contributed by atoms with Gasteiger partial charge in [-0.1, -0.05) is 30.3 Å². The molecule has 0 aliphatic carbocycles. The molecule has 0 radical (unpaired) electrons. The van der Waals surface area contributed by atoms with Gasteiger partial charge in [-0.05, 0) is 67.2 Å². The maximum absolute atomic E-state index is 4.38. The summed E-state index contributed by atoms with van der Waals surface area (Å²) >= 11 is 0. The van der Waals surface area contributed by atoms with Gasteiger partial charge in [0.25, 0.3) is 0 Å². The van der Waals surface area contributed by atoms with E-state index in [1.54, 1.807) is 0 Å². The average Bonchev–Trinajstić information content (AvgIpc) is 3.04. The van der Waals surface area contributed by atoms with E-state index in [4.69, 9.17) is 0 Å². The largest absolute Gasteiger partial charge is 0.378 e. The summed E-state index contributed by atoms with van der Waals surface area (Å²) < 4.78 is 1.87. The topological polar surface area (TPSA) is 50.1 Å². The molecule has 136 valence electrons. The highest BCUT2D eigenvalue weighted by atomic mass is 15.6. The van der Waals surface area contributed by atoms with Crippen molar-refractivity contribution in [1.29, 1.82) is 0 Å². The molecule has 0 N–H and O–H groups in total. The zero-order valence-corrected chi connectivity index (χ0v) is 16.3. The summed E-state index contributed by atoms with van der Waals surface area (Å²) in [6, 6.07) is 14.7.